The van der Waals surface area contributed by atoms with E-state index in [1.807, 2.05) is 37.3 Å². The lowest BCUT2D eigenvalue weighted by molar-refractivity contribution is -0.124. The molecule has 7 heteroatoms. The number of nitrogens with one attached hydrogen (secondary N) is 1. The van der Waals surface area contributed by atoms with Crippen molar-refractivity contribution in [1.82, 2.24) is 15.2 Å². The van der Waals surface area contributed by atoms with Gasteiger partial charge in [0.1, 0.15) is 11.8 Å². The van der Waals surface area contributed by atoms with E-state index in [1.165, 1.54) is 6.39 Å². The second-order valence-electron chi connectivity index (χ2n) is 6.69. The van der Waals surface area contributed by atoms with E-state index in [-0.39, 0.29) is 11.8 Å². The minimum Gasteiger partial charge on any atom is -0.443 e. The Morgan fingerprint density at radius 3 is 2.69 bits per heavy atom. The number of aromatic nitrogens is 1. The fourth-order valence-corrected chi connectivity index (χ4v) is 3.59. The molecule has 26 heavy (non-hydrogen) atoms. The van der Waals surface area contributed by atoms with Crippen molar-refractivity contribution in [2.45, 2.75) is 38.0 Å². The molecule has 2 saturated heterocycles. The highest BCUT2D eigenvalue weighted by Crippen LogP contribution is 2.32. The van der Waals surface area contributed by atoms with Gasteiger partial charge in [-0.15, -0.1) is 0 Å². The monoisotopic (exact) mass is 355 g/mol. The third-order valence-corrected chi connectivity index (χ3v) is 5.05. The van der Waals surface area contributed by atoms with Crippen LogP contribution in [0.25, 0.3) is 11.3 Å². The normalized spacial score (nSPS) is 21.8. The molecule has 7 nitrogen and oxygen atoms in total. The number of ether oxygens (including phenoxy) is 1. The fraction of sp³-hybridized carbons (Fsp3) is 0.421. The Balaban J connectivity index is 1.47. The predicted octanol–water partition coefficient (Wildman–Crippen LogP) is 2.20. The van der Waals surface area contributed by atoms with Crippen molar-refractivity contribution in [1.29, 1.82) is 0 Å². The maximum absolute atomic E-state index is 12.9. The predicted molar refractivity (Wildman–Crippen MR) is 93.1 cm³/mol. The smallest absolute Gasteiger partial charge is 0.276 e. The first kappa shape index (κ1) is 16.8. The third kappa shape index (κ3) is 2.88. The van der Waals surface area contributed by atoms with Crippen molar-refractivity contribution in [3.8, 4) is 11.3 Å². The van der Waals surface area contributed by atoms with E-state index < -0.39 is 11.8 Å². The number of carbonyl (C=O) groups excluding carboxylic acids is 2. The number of hydrogen-bond donors (Lipinski definition) is 1. The number of likely N-dealkylation sites (tertiary alicyclic amines) is 1. The van der Waals surface area contributed by atoms with Gasteiger partial charge in [0.25, 0.3) is 11.8 Å². The minimum atomic E-state index is -0.638. The number of rotatable bonds is 3. The summed E-state index contributed by atoms with van der Waals surface area (Å²) < 4.78 is 11.4. The van der Waals surface area contributed by atoms with Gasteiger partial charge in [0, 0.05) is 31.5 Å². The van der Waals surface area contributed by atoms with E-state index in [9.17, 15) is 9.59 Å². The van der Waals surface area contributed by atoms with Crippen molar-refractivity contribution in [3.05, 3.63) is 42.4 Å². The van der Waals surface area contributed by atoms with Gasteiger partial charge in [-0.05, 0) is 6.42 Å². The molecule has 2 aromatic rings. The van der Waals surface area contributed by atoms with Gasteiger partial charge in [0.15, 0.2) is 17.8 Å². The number of oxazole rings is 1. The quantitative estimate of drug-likeness (QED) is 0.912. The number of nitrogens with zero attached hydrogens (tertiary/aromatic N) is 2. The van der Waals surface area contributed by atoms with E-state index in [2.05, 4.69) is 10.3 Å². The first-order chi connectivity index (χ1) is 12.6. The lowest BCUT2D eigenvalue weighted by Gasteiger charge is -2.38. The summed E-state index contributed by atoms with van der Waals surface area (Å²) in [6, 6.07) is 9.46. The standard InChI is InChI=1S/C19H21N3O4/c1-2-14-17(23)21-19(26-14)8-10-22(11-9-19)18(24)15-16(25-12-20-15)13-6-4-3-5-7-13/h3-7,12,14H,2,8-11H2,1H3,(H,21,23). The largest absolute Gasteiger partial charge is 0.443 e. The molecule has 1 unspecified atom stereocenters. The van der Waals surface area contributed by atoms with Crippen LogP contribution < -0.4 is 5.32 Å². The van der Waals surface area contributed by atoms with E-state index in [4.69, 9.17) is 9.15 Å². The van der Waals surface area contributed by atoms with Crippen molar-refractivity contribution >= 4 is 11.8 Å². The lowest BCUT2D eigenvalue weighted by atomic mass is 10.00. The van der Waals surface area contributed by atoms with Crippen LogP contribution in [-0.4, -0.2) is 46.6 Å². The summed E-state index contributed by atoms with van der Waals surface area (Å²) in [7, 11) is 0. The van der Waals surface area contributed by atoms with Gasteiger partial charge in [-0.3, -0.25) is 9.59 Å². The van der Waals surface area contributed by atoms with E-state index in [1.54, 1.807) is 4.90 Å². The molecule has 0 saturated carbocycles. The van der Waals surface area contributed by atoms with E-state index >= 15 is 0 Å². The van der Waals surface area contributed by atoms with Crippen LogP contribution >= 0.6 is 0 Å². The van der Waals surface area contributed by atoms with Crippen LogP contribution in [0.1, 0.15) is 36.7 Å². The molecule has 2 aliphatic heterocycles. The van der Waals surface area contributed by atoms with Crippen LogP contribution in [0.2, 0.25) is 0 Å². The number of piperidine rings is 1. The molecule has 3 heterocycles. The molecule has 1 spiro atoms. The highest BCUT2D eigenvalue weighted by Gasteiger charge is 2.47. The lowest BCUT2D eigenvalue weighted by Crippen LogP contribution is -2.53. The number of amides is 2. The van der Waals surface area contributed by atoms with Crippen molar-refractivity contribution < 1.29 is 18.7 Å². The van der Waals surface area contributed by atoms with Crippen LogP contribution in [-0.2, 0) is 9.53 Å². The number of benzene rings is 1. The Morgan fingerprint density at radius 1 is 1.31 bits per heavy atom. The molecule has 2 fully saturated rings. The van der Waals surface area contributed by atoms with Crippen LogP contribution in [0.15, 0.2) is 41.1 Å². The fourth-order valence-electron chi connectivity index (χ4n) is 3.59. The van der Waals surface area contributed by atoms with Crippen molar-refractivity contribution in [2.75, 3.05) is 13.1 Å². The maximum atomic E-state index is 12.9. The summed E-state index contributed by atoms with van der Waals surface area (Å²) in [5.41, 5.74) is 0.495. The van der Waals surface area contributed by atoms with Gasteiger partial charge in [0.2, 0.25) is 0 Å². The highest BCUT2D eigenvalue weighted by molar-refractivity contribution is 5.97. The SMILES string of the molecule is CCC1OC2(CCN(C(=O)c3ncoc3-c3ccccc3)CC2)NC1=O. The van der Waals surface area contributed by atoms with Gasteiger partial charge in [-0.2, -0.15) is 0 Å². The molecule has 0 bridgehead atoms. The molecular formula is C19H21N3O4. The van der Waals surface area contributed by atoms with Gasteiger partial charge >= 0.3 is 0 Å². The van der Waals surface area contributed by atoms with Crippen LogP contribution in [0.3, 0.4) is 0 Å². The first-order valence-electron chi connectivity index (χ1n) is 8.90. The second-order valence-corrected chi connectivity index (χ2v) is 6.69. The summed E-state index contributed by atoms with van der Waals surface area (Å²) in [6.45, 7) is 2.92. The van der Waals surface area contributed by atoms with Crippen LogP contribution in [0.5, 0.6) is 0 Å². The van der Waals surface area contributed by atoms with E-state index in [0.717, 1.165) is 5.56 Å². The van der Waals surface area contributed by atoms with Crippen LogP contribution in [0.4, 0.5) is 0 Å². The molecule has 1 aromatic heterocycles. The zero-order valence-electron chi connectivity index (χ0n) is 14.6. The number of carbonyl (C=O) groups is 2. The Hall–Kier alpha value is -2.67. The molecule has 136 valence electrons. The summed E-state index contributed by atoms with van der Waals surface area (Å²) in [5, 5.41) is 2.97. The van der Waals surface area contributed by atoms with Crippen molar-refractivity contribution in [2.24, 2.45) is 0 Å². The average Bonchev–Trinajstić information content (AvgIpc) is 3.27. The molecule has 0 radical (unpaired) electrons. The van der Waals surface area contributed by atoms with Gasteiger partial charge in [-0.1, -0.05) is 37.3 Å². The number of hydrogen-bond acceptors (Lipinski definition) is 5. The highest BCUT2D eigenvalue weighted by atomic mass is 16.5. The zero-order chi connectivity index (χ0) is 18.1. The van der Waals surface area contributed by atoms with Gasteiger partial charge in [-0.25, -0.2) is 4.98 Å². The molecule has 1 atom stereocenters. The molecule has 1 N–H and O–H groups in total. The summed E-state index contributed by atoms with van der Waals surface area (Å²) in [6.07, 6.45) is 2.69. The first-order valence-corrected chi connectivity index (χ1v) is 8.90. The van der Waals surface area contributed by atoms with E-state index in [0.29, 0.717) is 43.8 Å². The third-order valence-electron chi connectivity index (χ3n) is 5.05. The molecule has 2 amide bonds. The Morgan fingerprint density at radius 2 is 2.04 bits per heavy atom. The molecule has 1 aromatic carbocycles. The Kier molecular flexibility index (Phi) is 4.24. The van der Waals surface area contributed by atoms with Crippen LogP contribution in [0, 0.1) is 0 Å². The minimum absolute atomic E-state index is 0.0601. The topological polar surface area (TPSA) is 84.7 Å². The molecule has 2 aliphatic rings. The molecular weight excluding hydrogens is 334 g/mol. The van der Waals surface area contributed by atoms with Gasteiger partial charge < -0.3 is 19.4 Å². The Labute approximate surface area is 151 Å². The maximum Gasteiger partial charge on any atom is 0.276 e. The molecule has 0 aliphatic carbocycles. The zero-order valence-corrected chi connectivity index (χ0v) is 14.6. The summed E-state index contributed by atoms with van der Waals surface area (Å²) in [4.78, 5) is 30.7. The Bertz CT molecular complexity index is 809. The van der Waals surface area contributed by atoms with Gasteiger partial charge in [0.05, 0.1) is 0 Å². The summed E-state index contributed by atoms with van der Waals surface area (Å²) in [5.74, 6) is 0.256. The molecule has 4 rings (SSSR count). The summed E-state index contributed by atoms with van der Waals surface area (Å²) >= 11 is 0. The second kappa shape index (κ2) is 6.57. The van der Waals surface area contributed by atoms with Crippen molar-refractivity contribution in [3.63, 3.8) is 0 Å². The average molecular weight is 355 g/mol.